The summed E-state index contributed by atoms with van der Waals surface area (Å²) < 4.78 is 4.68. The van der Waals surface area contributed by atoms with Crippen LogP contribution in [0.1, 0.15) is 34.8 Å². The van der Waals surface area contributed by atoms with Gasteiger partial charge < -0.3 is 9.64 Å². The van der Waals surface area contributed by atoms with E-state index in [9.17, 15) is 4.79 Å². The van der Waals surface area contributed by atoms with Gasteiger partial charge in [-0.05, 0) is 44.0 Å². The molecule has 4 rings (SSSR count). The smallest absolute Gasteiger partial charge is 0.339 e. The first-order chi connectivity index (χ1) is 8.78. The molecule has 1 aromatic heterocycles. The summed E-state index contributed by atoms with van der Waals surface area (Å²) in [6, 6.07) is 3.81. The molecule has 4 heterocycles. The molecule has 2 bridgehead atoms. The molecule has 3 aliphatic heterocycles. The van der Waals surface area contributed by atoms with Gasteiger partial charge in [-0.3, -0.25) is 4.98 Å². The number of rotatable bonds is 2. The van der Waals surface area contributed by atoms with Crippen LogP contribution in [0, 0.1) is 5.92 Å². The fraction of sp³-hybridized carbons (Fsp3) is 0.571. The largest absolute Gasteiger partial charge is 0.465 e. The van der Waals surface area contributed by atoms with E-state index in [1.165, 1.54) is 33.0 Å². The van der Waals surface area contributed by atoms with E-state index in [-0.39, 0.29) is 5.97 Å². The molecule has 18 heavy (non-hydrogen) atoms. The molecule has 0 spiro atoms. The van der Waals surface area contributed by atoms with Crippen LogP contribution in [0.15, 0.2) is 18.3 Å². The fourth-order valence-electron chi connectivity index (χ4n) is 3.16. The first-order valence-electron chi connectivity index (χ1n) is 6.54. The lowest BCUT2D eigenvalue weighted by molar-refractivity contribution is 0.0600. The normalized spacial score (nSPS) is 30.2. The highest BCUT2D eigenvalue weighted by Crippen LogP contribution is 2.37. The van der Waals surface area contributed by atoms with Crippen LogP contribution >= 0.6 is 0 Å². The molecule has 4 nitrogen and oxygen atoms in total. The van der Waals surface area contributed by atoms with Crippen LogP contribution in [0.2, 0.25) is 0 Å². The number of pyridine rings is 1. The average molecular weight is 246 g/mol. The Morgan fingerprint density at radius 1 is 1.39 bits per heavy atom. The van der Waals surface area contributed by atoms with Gasteiger partial charge >= 0.3 is 5.97 Å². The van der Waals surface area contributed by atoms with Gasteiger partial charge in [-0.15, -0.1) is 0 Å². The lowest BCUT2D eigenvalue weighted by atomic mass is 9.77. The molecule has 0 aliphatic carbocycles. The highest BCUT2D eigenvalue weighted by molar-refractivity contribution is 5.88. The summed E-state index contributed by atoms with van der Waals surface area (Å²) in [5.74, 6) is 0.994. The summed E-state index contributed by atoms with van der Waals surface area (Å²) >= 11 is 0. The van der Waals surface area contributed by atoms with Gasteiger partial charge in [0.05, 0.1) is 12.7 Å². The predicted octanol–water partition coefficient (Wildman–Crippen LogP) is 1.68. The number of esters is 1. The van der Waals surface area contributed by atoms with Crippen molar-refractivity contribution < 1.29 is 9.53 Å². The van der Waals surface area contributed by atoms with Crippen LogP contribution in [0.25, 0.3) is 0 Å². The third-order valence-electron chi connectivity index (χ3n) is 4.24. The monoisotopic (exact) mass is 246 g/mol. The SMILES string of the molecule is COC(=O)c1ccc(C2CN3CCC2CC3)nc1. The number of fused-ring (bicyclic) bond motifs is 3. The summed E-state index contributed by atoms with van der Waals surface area (Å²) in [6.07, 6.45) is 4.20. The quantitative estimate of drug-likeness (QED) is 0.745. The van der Waals surface area contributed by atoms with E-state index >= 15 is 0 Å². The summed E-state index contributed by atoms with van der Waals surface area (Å²) in [4.78, 5) is 18.3. The molecule has 0 radical (unpaired) electrons. The molecule has 0 saturated carbocycles. The standard InChI is InChI=1S/C14H18N2O2/c1-18-14(17)11-2-3-13(15-8-11)12-9-16-6-4-10(12)5-7-16/h2-3,8,10,12H,4-7,9H2,1H3. The number of hydrogen-bond acceptors (Lipinski definition) is 4. The number of aromatic nitrogens is 1. The molecular formula is C14H18N2O2. The zero-order valence-electron chi connectivity index (χ0n) is 10.6. The Labute approximate surface area is 107 Å². The summed E-state index contributed by atoms with van der Waals surface area (Å²) in [6.45, 7) is 3.60. The zero-order chi connectivity index (χ0) is 12.5. The second-order valence-electron chi connectivity index (χ2n) is 5.21. The van der Waals surface area contributed by atoms with Crippen molar-refractivity contribution in [2.75, 3.05) is 26.7 Å². The van der Waals surface area contributed by atoms with Crippen LogP contribution in [0.4, 0.5) is 0 Å². The van der Waals surface area contributed by atoms with E-state index in [1.807, 2.05) is 12.1 Å². The van der Waals surface area contributed by atoms with Gasteiger partial charge in [0.2, 0.25) is 0 Å². The topological polar surface area (TPSA) is 42.4 Å². The van der Waals surface area contributed by atoms with Gasteiger partial charge in [-0.25, -0.2) is 4.79 Å². The maximum Gasteiger partial charge on any atom is 0.339 e. The first-order valence-corrected chi connectivity index (χ1v) is 6.54. The minimum absolute atomic E-state index is 0.317. The number of ether oxygens (including phenoxy) is 1. The fourth-order valence-corrected chi connectivity index (χ4v) is 3.16. The average Bonchev–Trinajstić information content (AvgIpc) is 2.48. The van der Waals surface area contributed by atoms with E-state index in [4.69, 9.17) is 0 Å². The van der Waals surface area contributed by atoms with Crippen molar-refractivity contribution in [2.24, 2.45) is 5.92 Å². The molecule has 0 amide bonds. The molecule has 1 atom stereocenters. The third-order valence-corrected chi connectivity index (χ3v) is 4.24. The van der Waals surface area contributed by atoms with Crippen molar-refractivity contribution in [1.82, 2.24) is 9.88 Å². The van der Waals surface area contributed by atoms with E-state index in [2.05, 4.69) is 14.6 Å². The Hall–Kier alpha value is -1.42. The molecule has 3 aliphatic rings. The van der Waals surface area contributed by atoms with Gasteiger partial charge in [0.15, 0.2) is 0 Å². The minimum atomic E-state index is -0.317. The highest BCUT2D eigenvalue weighted by atomic mass is 16.5. The zero-order valence-corrected chi connectivity index (χ0v) is 10.6. The van der Waals surface area contributed by atoms with Crippen LogP contribution in [0.5, 0.6) is 0 Å². The van der Waals surface area contributed by atoms with E-state index < -0.39 is 0 Å². The Balaban J connectivity index is 1.79. The van der Waals surface area contributed by atoms with Crippen molar-refractivity contribution in [2.45, 2.75) is 18.8 Å². The molecule has 96 valence electrons. The number of nitrogens with zero attached hydrogens (tertiary/aromatic N) is 2. The summed E-state index contributed by atoms with van der Waals surface area (Å²) in [7, 11) is 1.39. The van der Waals surface area contributed by atoms with Crippen LogP contribution in [-0.4, -0.2) is 42.6 Å². The van der Waals surface area contributed by atoms with Crippen LogP contribution in [-0.2, 0) is 4.74 Å². The Bertz CT molecular complexity index is 436. The van der Waals surface area contributed by atoms with Crippen molar-refractivity contribution in [3.05, 3.63) is 29.6 Å². The lowest BCUT2D eigenvalue weighted by Gasteiger charge is -2.44. The van der Waals surface area contributed by atoms with Crippen molar-refractivity contribution in [3.63, 3.8) is 0 Å². The second kappa shape index (κ2) is 4.69. The molecule has 1 unspecified atom stereocenters. The Morgan fingerprint density at radius 2 is 2.17 bits per heavy atom. The number of carbonyl (C=O) groups excluding carboxylic acids is 1. The van der Waals surface area contributed by atoms with Crippen LogP contribution < -0.4 is 0 Å². The van der Waals surface area contributed by atoms with Crippen LogP contribution in [0.3, 0.4) is 0 Å². The van der Waals surface area contributed by atoms with Gasteiger partial charge in [-0.2, -0.15) is 0 Å². The highest BCUT2D eigenvalue weighted by Gasteiger charge is 2.35. The summed E-state index contributed by atoms with van der Waals surface area (Å²) in [5, 5.41) is 0. The van der Waals surface area contributed by atoms with Gasteiger partial charge in [0, 0.05) is 24.4 Å². The van der Waals surface area contributed by atoms with E-state index in [1.54, 1.807) is 6.20 Å². The van der Waals surface area contributed by atoms with Crippen molar-refractivity contribution in [1.29, 1.82) is 0 Å². The van der Waals surface area contributed by atoms with Gasteiger partial charge in [0.25, 0.3) is 0 Å². The molecule has 3 fully saturated rings. The molecule has 0 N–H and O–H groups in total. The first kappa shape index (κ1) is 11.7. The number of piperidine rings is 3. The van der Waals surface area contributed by atoms with Crippen molar-refractivity contribution in [3.8, 4) is 0 Å². The molecule has 3 saturated heterocycles. The number of methoxy groups -OCH3 is 1. The molecule has 1 aromatic rings. The summed E-state index contributed by atoms with van der Waals surface area (Å²) in [5.41, 5.74) is 1.65. The van der Waals surface area contributed by atoms with Crippen molar-refractivity contribution >= 4 is 5.97 Å². The molecular weight excluding hydrogens is 228 g/mol. The number of carbonyl (C=O) groups is 1. The minimum Gasteiger partial charge on any atom is -0.465 e. The third kappa shape index (κ3) is 2.01. The molecule has 0 aromatic carbocycles. The van der Waals surface area contributed by atoms with Gasteiger partial charge in [-0.1, -0.05) is 0 Å². The van der Waals surface area contributed by atoms with E-state index in [0.29, 0.717) is 11.5 Å². The molecule has 4 heteroatoms. The second-order valence-corrected chi connectivity index (χ2v) is 5.21. The lowest BCUT2D eigenvalue weighted by Crippen LogP contribution is -2.46. The Morgan fingerprint density at radius 3 is 2.67 bits per heavy atom. The maximum absolute atomic E-state index is 11.4. The van der Waals surface area contributed by atoms with Gasteiger partial charge in [0.1, 0.15) is 0 Å². The predicted molar refractivity (Wildman–Crippen MR) is 67.5 cm³/mol. The Kier molecular flexibility index (Phi) is 3.04. The maximum atomic E-state index is 11.4. The number of hydrogen-bond donors (Lipinski definition) is 0. The van der Waals surface area contributed by atoms with E-state index in [0.717, 1.165) is 18.2 Å².